The number of rotatable bonds is 1. The van der Waals surface area contributed by atoms with Gasteiger partial charge in [-0.1, -0.05) is 35.8 Å². The first-order chi connectivity index (χ1) is 7.63. The number of hydrazine groups is 1. The van der Waals surface area contributed by atoms with Crippen molar-refractivity contribution in [1.29, 1.82) is 0 Å². The topological polar surface area (TPSA) is 84.2 Å². The lowest BCUT2D eigenvalue weighted by Crippen LogP contribution is -2.39. The largest absolute Gasteiger partial charge is 0.323 e. The van der Waals surface area contributed by atoms with Gasteiger partial charge in [-0.15, -0.1) is 0 Å². The molecule has 16 heavy (non-hydrogen) atoms. The summed E-state index contributed by atoms with van der Waals surface area (Å²) in [6, 6.07) is 6.87. The highest BCUT2D eigenvalue weighted by molar-refractivity contribution is 9.10. The second-order valence-corrected chi connectivity index (χ2v) is 3.35. The van der Waals surface area contributed by atoms with Crippen LogP contribution >= 0.6 is 15.9 Å². The Kier molecular flexibility index (Phi) is 7.15. The van der Waals surface area contributed by atoms with Crippen molar-refractivity contribution in [3.8, 4) is 0 Å². The van der Waals surface area contributed by atoms with Crippen LogP contribution in [0.5, 0.6) is 0 Å². The molecule has 1 aromatic carbocycles. The van der Waals surface area contributed by atoms with Gasteiger partial charge in [-0.05, 0) is 18.2 Å². The quantitative estimate of drug-likeness (QED) is 0.316. The zero-order chi connectivity index (χ0) is 12.6. The molecule has 4 N–H and O–H groups in total. The number of carbonyl (C=O) groups excluding carboxylic acids is 2. The van der Waals surface area contributed by atoms with Crippen LogP contribution < -0.4 is 16.6 Å². The van der Waals surface area contributed by atoms with Gasteiger partial charge in [0.1, 0.15) is 0 Å². The van der Waals surface area contributed by atoms with Gasteiger partial charge in [0.2, 0.25) is 0 Å². The predicted molar refractivity (Wildman–Crippen MR) is 66.4 cm³/mol. The monoisotopic (exact) mass is 287 g/mol. The zero-order valence-corrected chi connectivity index (χ0v) is 10.7. The van der Waals surface area contributed by atoms with Crippen LogP contribution in [0.3, 0.4) is 0 Å². The maximum atomic E-state index is 11.0. The van der Waals surface area contributed by atoms with Crippen LogP contribution in [0.25, 0.3) is 0 Å². The molecule has 0 spiro atoms. The van der Waals surface area contributed by atoms with E-state index in [9.17, 15) is 9.59 Å². The molecule has 2 amide bonds. The fourth-order valence-corrected chi connectivity index (χ4v) is 1.22. The van der Waals surface area contributed by atoms with Crippen molar-refractivity contribution in [3.63, 3.8) is 0 Å². The van der Waals surface area contributed by atoms with E-state index in [4.69, 9.17) is 5.84 Å². The molecule has 0 atom stereocenters. The van der Waals surface area contributed by atoms with E-state index in [1.807, 2.05) is 13.8 Å². The molecule has 5 nitrogen and oxygen atoms in total. The lowest BCUT2D eigenvalue weighted by atomic mass is 10.3. The Labute approximate surface area is 102 Å². The van der Waals surface area contributed by atoms with E-state index in [-0.39, 0.29) is 0 Å². The van der Waals surface area contributed by atoms with Crippen molar-refractivity contribution in [3.05, 3.63) is 28.7 Å². The molecule has 0 saturated heterocycles. The Morgan fingerprint density at radius 2 is 1.88 bits per heavy atom. The first kappa shape index (κ1) is 14.6. The molecular weight excluding hydrogens is 274 g/mol. The van der Waals surface area contributed by atoms with E-state index >= 15 is 0 Å². The third kappa shape index (κ3) is 4.90. The molecule has 0 aliphatic rings. The molecular formula is C10H14BrN3O2. The van der Waals surface area contributed by atoms with Crippen LogP contribution in [0.4, 0.5) is 5.69 Å². The summed E-state index contributed by atoms with van der Waals surface area (Å²) in [5, 5.41) is 2.37. The molecule has 0 aliphatic carbocycles. The summed E-state index contributed by atoms with van der Waals surface area (Å²) < 4.78 is 0.809. The zero-order valence-electron chi connectivity index (χ0n) is 9.08. The Morgan fingerprint density at radius 3 is 2.38 bits per heavy atom. The second-order valence-electron chi connectivity index (χ2n) is 2.44. The average molecular weight is 288 g/mol. The van der Waals surface area contributed by atoms with Crippen LogP contribution in [0, 0.1) is 0 Å². The van der Waals surface area contributed by atoms with Crippen LogP contribution in [0.1, 0.15) is 13.8 Å². The number of hydrogen-bond acceptors (Lipinski definition) is 3. The summed E-state index contributed by atoms with van der Waals surface area (Å²) in [4.78, 5) is 21.8. The molecule has 0 bridgehead atoms. The summed E-state index contributed by atoms with van der Waals surface area (Å²) in [5.41, 5.74) is 2.26. The number of anilines is 1. The SMILES string of the molecule is CC.NNC(=O)C(=O)Nc1cccc(Br)c1. The maximum Gasteiger partial charge on any atom is 0.323 e. The van der Waals surface area contributed by atoms with Crippen LogP contribution in [0.15, 0.2) is 28.7 Å². The summed E-state index contributed by atoms with van der Waals surface area (Å²) in [5.74, 6) is 3.10. The van der Waals surface area contributed by atoms with Crippen molar-refractivity contribution in [2.45, 2.75) is 13.8 Å². The van der Waals surface area contributed by atoms with Crippen molar-refractivity contribution < 1.29 is 9.59 Å². The molecule has 0 unspecified atom stereocenters. The van der Waals surface area contributed by atoms with Gasteiger partial charge in [-0.2, -0.15) is 0 Å². The van der Waals surface area contributed by atoms with Gasteiger partial charge in [0, 0.05) is 10.2 Å². The molecule has 0 heterocycles. The van der Waals surface area contributed by atoms with Gasteiger partial charge in [-0.3, -0.25) is 15.0 Å². The summed E-state index contributed by atoms with van der Waals surface area (Å²) >= 11 is 3.23. The Balaban J connectivity index is 0.00000106. The van der Waals surface area contributed by atoms with Crippen LogP contribution in [-0.2, 0) is 9.59 Å². The average Bonchev–Trinajstić information content (AvgIpc) is 2.30. The maximum absolute atomic E-state index is 11.0. The van der Waals surface area contributed by atoms with Gasteiger partial charge in [0.15, 0.2) is 0 Å². The molecule has 0 radical (unpaired) electrons. The molecule has 0 fully saturated rings. The van der Waals surface area contributed by atoms with E-state index in [1.165, 1.54) is 0 Å². The second kappa shape index (κ2) is 7.84. The van der Waals surface area contributed by atoms with Crippen molar-refractivity contribution >= 4 is 33.4 Å². The summed E-state index contributed by atoms with van der Waals surface area (Å²) in [7, 11) is 0. The highest BCUT2D eigenvalue weighted by Crippen LogP contribution is 2.15. The minimum Gasteiger partial charge on any atom is -0.318 e. The lowest BCUT2D eigenvalue weighted by Gasteiger charge is -2.03. The highest BCUT2D eigenvalue weighted by atomic mass is 79.9. The molecule has 0 aliphatic heterocycles. The fourth-order valence-electron chi connectivity index (χ4n) is 0.820. The molecule has 1 rings (SSSR count). The van der Waals surface area contributed by atoms with Gasteiger partial charge < -0.3 is 5.32 Å². The highest BCUT2D eigenvalue weighted by Gasteiger charge is 2.11. The number of nitrogens with one attached hydrogen (secondary N) is 2. The van der Waals surface area contributed by atoms with Gasteiger partial charge >= 0.3 is 11.8 Å². The first-order valence-corrected chi connectivity index (χ1v) is 5.50. The summed E-state index contributed by atoms with van der Waals surface area (Å²) in [6.45, 7) is 4.00. The molecule has 0 saturated carbocycles. The molecule has 6 heteroatoms. The number of halogens is 1. The molecule has 88 valence electrons. The fraction of sp³-hybridized carbons (Fsp3) is 0.200. The predicted octanol–water partition coefficient (Wildman–Crippen LogP) is 1.40. The van der Waals surface area contributed by atoms with Crippen molar-refractivity contribution in [2.24, 2.45) is 5.84 Å². The number of hydrogen-bond donors (Lipinski definition) is 3. The molecule has 1 aromatic rings. The van der Waals surface area contributed by atoms with E-state index in [2.05, 4.69) is 21.2 Å². The Morgan fingerprint density at radius 1 is 1.25 bits per heavy atom. The van der Waals surface area contributed by atoms with E-state index in [0.717, 1.165) is 4.47 Å². The Bertz CT molecular complexity index is 369. The van der Waals surface area contributed by atoms with Crippen LogP contribution in [-0.4, -0.2) is 11.8 Å². The van der Waals surface area contributed by atoms with Gasteiger partial charge in [0.25, 0.3) is 0 Å². The molecule has 0 aromatic heterocycles. The number of carbonyl (C=O) groups is 2. The van der Waals surface area contributed by atoms with Gasteiger partial charge in [-0.25, -0.2) is 5.84 Å². The third-order valence-corrected chi connectivity index (χ3v) is 1.91. The smallest absolute Gasteiger partial charge is 0.318 e. The van der Waals surface area contributed by atoms with E-state index < -0.39 is 11.8 Å². The first-order valence-electron chi connectivity index (χ1n) is 4.71. The Hall–Kier alpha value is -1.40. The van der Waals surface area contributed by atoms with Crippen molar-refractivity contribution in [1.82, 2.24) is 5.43 Å². The number of benzene rings is 1. The minimum absolute atomic E-state index is 0.521. The third-order valence-electron chi connectivity index (χ3n) is 1.42. The standard InChI is InChI=1S/C8H8BrN3O2.C2H6/c9-5-2-1-3-6(4-5)11-7(13)8(14)12-10;1-2/h1-4H,10H2,(H,11,13)(H,12,14);1-2H3. The summed E-state index contributed by atoms with van der Waals surface area (Å²) in [6.07, 6.45) is 0. The normalized spacial score (nSPS) is 8.50. The van der Waals surface area contributed by atoms with E-state index in [1.54, 1.807) is 29.7 Å². The van der Waals surface area contributed by atoms with Crippen molar-refractivity contribution in [2.75, 3.05) is 5.32 Å². The van der Waals surface area contributed by atoms with Crippen LogP contribution in [0.2, 0.25) is 0 Å². The lowest BCUT2D eigenvalue weighted by molar-refractivity contribution is -0.136. The number of nitrogens with two attached hydrogens (primary N) is 1. The minimum atomic E-state index is -0.884. The number of amides is 2. The van der Waals surface area contributed by atoms with E-state index in [0.29, 0.717) is 5.69 Å². The van der Waals surface area contributed by atoms with Gasteiger partial charge in [0.05, 0.1) is 0 Å².